The third-order valence-corrected chi connectivity index (χ3v) is 4.93. The van der Waals surface area contributed by atoms with Crippen LogP contribution in [0.5, 0.6) is 0 Å². The van der Waals surface area contributed by atoms with Gasteiger partial charge in [0, 0.05) is 13.1 Å². The maximum Gasteiger partial charge on any atom is 0.416 e. The molecule has 0 radical (unpaired) electrons. The number of rotatable bonds is 4. The van der Waals surface area contributed by atoms with E-state index in [1.165, 1.54) is 0 Å². The highest BCUT2D eigenvalue weighted by Crippen LogP contribution is 2.33. The van der Waals surface area contributed by atoms with Crippen LogP contribution in [0.2, 0.25) is 5.02 Å². The van der Waals surface area contributed by atoms with Crippen LogP contribution in [-0.2, 0) is 15.7 Å². The zero-order chi connectivity index (χ0) is 20.9. The van der Waals surface area contributed by atoms with Gasteiger partial charge in [0.1, 0.15) is 0 Å². The van der Waals surface area contributed by atoms with Crippen LogP contribution in [0, 0.1) is 0 Å². The van der Waals surface area contributed by atoms with Crippen LogP contribution in [0.4, 0.5) is 18.9 Å². The molecule has 0 aromatic heterocycles. The lowest BCUT2D eigenvalue weighted by atomic mass is 10.0. The second kappa shape index (κ2) is 9.47. The molecular formula is C18H24ClF3N4O2. The molecule has 0 amide bonds. The molecule has 0 aliphatic carbocycles. The number of carbonyl (C=O) groups is 1. The first-order valence-electron chi connectivity index (χ1n) is 8.92. The van der Waals surface area contributed by atoms with Crippen molar-refractivity contribution in [2.75, 3.05) is 39.2 Å². The van der Waals surface area contributed by atoms with Gasteiger partial charge < -0.3 is 14.5 Å². The minimum Gasteiger partial charge on any atom is -0.460 e. The lowest BCUT2D eigenvalue weighted by Gasteiger charge is -2.35. The molecule has 1 fully saturated rings. The summed E-state index contributed by atoms with van der Waals surface area (Å²) in [6, 6.07) is 2.93. The van der Waals surface area contributed by atoms with Crippen LogP contribution in [-0.4, -0.2) is 61.4 Å². The van der Waals surface area contributed by atoms with Crippen LogP contribution in [0.3, 0.4) is 0 Å². The van der Waals surface area contributed by atoms with Gasteiger partial charge in [0.15, 0.2) is 0 Å². The van der Waals surface area contributed by atoms with Crippen molar-refractivity contribution in [2.24, 2.45) is 5.10 Å². The van der Waals surface area contributed by atoms with Gasteiger partial charge in [0.25, 0.3) is 0 Å². The van der Waals surface area contributed by atoms with Gasteiger partial charge in [0.05, 0.1) is 22.9 Å². The van der Waals surface area contributed by atoms with Crippen LogP contribution in [0.1, 0.15) is 25.3 Å². The summed E-state index contributed by atoms with van der Waals surface area (Å²) in [5.74, 6) is -0.663. The predicted octanol–water partition coefficient (Wildman–Crippen LogP) is 3.67. The maximum absolute atomic E-state index is 12.9. The molecule has 6 nitrogen and oxygen atoms in total. The fourth-order valence-corrected chi connectivity index (χ4v) is 3.08. The Kier molecular flexibility index (Phi) is 7.54. The van der Waals surface area contributed by atoms with Gasteiger partial charge in [-0.05, 0) is 58.1 Å². The minimum atomic E-state index is -4.51. The smallest absolute Gasteiger partial charge is 0.416 e. The molecule has 1 N–H and O–H groups in total. The van der Waals surface area contributed by atoms with E-state index >= 15 is 0 Å². The molecule has 2 rings (SSSR count). The molecule has 156 valence electrons. The Balaban J connectivity index is 2.26. The number of benzene rings is 1. The molecule has 1 saturated heterocycles. The second-order valence-corrected chi connectivity index (χ2v) is 7.01. The van der Waals surface area contributed by atoms with Crippen LogP contribution in [0.25, 0.3) is 0 Å². The summed E-state index contributed by atoms with van der Waals surface area (Å²) in [6.45, 7) is 3.57. The molecule has 1 aromatic carbocycles. The number of alkyl halides is 3. The van der Waals surface area contributed by atoms with E-state index in [1.807, 2.05) is 7.05 Å². The van der Waals surface area contributed by atoms with Crippen molar-refractivity contribution in [1.82, 2.24) is 9.80 Å². The molecule has 0 saturated carbocycles. The molecule has 0 unspecified atom stereocenters. The number of carbonyl (C=O) groups excluding carboxylic acids is 1. The fraction of sp³-hybridized carbons (Fsp3) is 0.556. The van der Waals surface area contributed by atoms with Gasteiger partial charge in [0.2, 0.25) is 5.84 Å². The number of hydrazone groups is 1. The maximum atomic E-state index is 12.9. The number of anilines is 1. The highest BCUT2D eigenvalue weighted by Gasteiger charge is 2.31. The molecule has 28 heavy (non-hydrogen) atoms. The monoisotopic (exact) mass is 420 g/mol. The van der Waals surface area contributed by atoms with E-state index in [1.54, 1.807) is 18.9 Å². The van der Waals surface area contributed by atoms with E-state index in [4.69, 9.17) is 16.3 Å². The van der Waals surface area contributed by atoms with E-state index in [0.29, 0.717) is 0 Å². The zero-order valence-electron chi connectivity index (χ0n) is 16.0. The molecule has 10 heteroatoms. The normalized spacial score (nSPS) is 16.8. The van der Waals surface area contributed by atoms with Crippen LogP contribution in [0.15, 0.2) is 23.3 Å². The van der Waals surface area contributed by atoms with Gasteiger partial charge in [-0.25, -0.2) is 4.79 Å². The Hall–Kier alpha value is -2.00. The van der Waals surface area contributed by atoms with Crippen molar-refractivity contribution in [2.45, 2.75) is 32.0 Å². The Morgan fingerprint density at radius 3 is 2.61 bits per heavy atom. The minimum absolute atomic E-state index is 0.00937. The number of amidine groups is 1. The lowest BCUT2D eigenvalue weighted by molar-refractivity contribution is -0.138. The van der Waals surface area contributed by atoms with Crippen molar-refractivity contribution < 1.29 is 22.7 Å². The van der Waals surface area contributed by atoms with Crippen molar-refractivity contribution in [3.63, 3.8) is 0 Å². The Labute approximate surface area is 167 Å². The summed E-state index contributed by atoms with van der Waals surface area (Å²) in [5, 5.41) is 4.10. The Morgan fingerprint density at radius 1 is 1.39 bits per heavy atom. The van der Waals surface area contributed by atoms with Crippen LogP contribution < -0.4 is 5.43 Å². The standard InChI is InChI=1S/C18H24ClF3N4O2/c1-4-28-17(27)16(26(3)13-7-9-25(2)10-8-13)24-23-15-11-12(18(20,21)22)5-6-14(15)19/h5-6,11,13,23H,4,7-10H2,1-3H3/b24-16+. The average molecular weight is 421 g/mol. The SMILES string of the molecule is CCOC(=O)/C(=N\Nc1cc(C(F)(F)F)ccc1Cl)N(C)C1CCN(C)CC1. The number of ether oxygens (including phenoxy) is 1. The molecule has 0 spiro atoms. The van der Waals surface area contributed by atoms with Crippen molar-refractivity contribution in [3.8, 4) is 0 Å². The third-order valence-electron chi connectivity index (χ3n) is 4.60. The van der Waals surface area contributed by atoms with E-state index in [0.717, 1.165) is 44.1 Å². The van der Waals surface area contributed by atoms with Gasteiger partial charge in [-0.3, -0.25) is 5.43 Å². The number of halogens is 4. The summed E-state index contributed by atoms with van der Waals surface area (Å²) in [6.07, 6.45) is -2.86. The summed E-state index contributed by atoms with van der Waals surface area (Å²) >= 11 is 5.98. The summed E-state index contributed by atoms with van der Waals surface area (Å²) in [4.78, 5) is 16.3. The molecule has 1 aliphatic rings. The number of nitrogens with one attached hydrogen (secondary N) is 1. The Morgan fingerprint density at radius 2 is 2.04 bits per heavy atom. The summed E-state index contributed by atoms with van der Waals surface area (Å²) in [7, 11) is 3.74. The highest BCUT2D eigenvalue weighted by molar-refractivity contribution is 6.35. The molecular weight excluding hydrogens is 397 g/mol. The van der Waals surface area contributed by atoms with Crippen molar-refractivity contribution in [3.05, 3.63) is 28.8 Å². The first-order valence-corrected chi connectivity index (χ1v) is 9.30. The van der Waals surface area contributed by atoms with Crippen molar-refractivity contribution >= 4 is 29.1 Å². The number of hydrogen-bond donors (Lipinski definition) is 1. The number of esters is 1. The van der Waals surface area contributed by atoms with Gasteiger partial charge in [-0.15, -0.1) is 5.10 Å². The molecule has 0 bridgehead atoms. The second-order valence-electron chi connectivity index (χ2n) is 6.61. The third kappa shape index (κ3) is 5.75. The van der Waals surface area contributed by atoms with E-state index < -0.39 is 17.7 Å². The number of nitrogens with zero attached hydrogens (tertiary/aromatic N) is 3. The topological polar surface area (TPSA) is 57.2 Å². The fourth-order valence-electron chi connectivity index (χ4n) is 2.92. The number of piperidine rings is 1. The lowest BCUT2D eigenvalue weighted by Crippen LogP contribution is -2.47. The highest BCUT2D eigenvalue weighted by atomic mass is 35.5. The zero-order valence-corrected chi connectivity index (χ0v) is 16.8. The van der Waals surface area contributed by atoms with Gasteiger partial charge >= 0.3 is 12.1 Å². The van der Waals surface area contributed by atoms with Gasteiger partial charge in [-0.2, -0.15) is 13.2 Å². The number of likely N-dealkylation sites (N-methyl/N-ethyl adjacent to an activating group) is 1. The average Bonchev–Trinajstić information content (AvgIpc) is 2.63. The quantitative estimate of drug-likeness (QED) is 0.348. The number of likely N-dealkylation sites (tertiary alicyclic amines) is 1. The molecule has 0 atom stereocenters. The number of hydrogen-bond acceptors (Lipinski definition) is 5. The summed E-state index contributed by atoms with van der Waals surface area (Å²) in [5.41, 5.74) is 1.59. The van der Waals surface area contributed by atoms with Crippen LogP contribution >= 0.6 is 11.6 Å². The summed E-state index contributed by atoms with van der Waals surface area (Å²) < 4.78 is 43.9. The molecule has 1 heterocycles. The van der Waals surface area contributed by atoms with E-state index in [2.05, 4.69) is 15.4 Å². The van der Waals surface area contributed by atoms with E-state index in [-0.39, 0.29) is 29.2 Å². The molecule has 1 aliphatic heterocycles. The van der Waals surface area contributed by atoms with Gasteiger partial charge in [-0.1, -0.05) is 11.6 Å². The van der Waals surface area contributed by atoms with Crippen molar-refractivity contribution in [1.29, 1.82) is 0 Å². The van der Waals surface area contributed by atoms with E-state index in [9.17, 15) is 18.0 Å². The first kappa shape index (κ1) is 22.3. The molecule has 1 aromatic rings. The predicted molar refractivity (Wildman–Crippen MR) is 102 cm³/mol. The first-order chi connectivity index (χ1) is 13.1. The largest absolute Gasteiger partial charge is 0.460 e. The Bertz CT molecular complexity index is 719.